The zero-order chi connectivity index (χ0) is 28.2. The van der Waals surface area contributed by atoms with Crippen molar-refractivity contribution in [3.8, 4) is 0 Å². The molecule has 4 nitrogen and oxygen atoms in total. The molecule has 2 rings (SSSR count). The first-order valence-corrected chi connectivity index (χ1v) is 11.2. The monoisotopic (exact) mass is 544 g/mol. The lowest BCUT2D eigenvalue weighted by Gasteiger charge is -2.29. The van der Waals surface area contributed by atoms with Gasteiger partial charge < -0.3 is 10.0 Å². The van der Waals surface area contributed by atoms with Gasteiger partial charge >= 0.3 is 24.6 Å². The number of carbonyl (C=O) groups is 1. The van der Waals surface area contributed by atoms with Gasteiger partial charge in [-0.3, -0.25) is 4.90 Å². The molecule has 1 amide bonds. The summed E-state index contributed by atoms with van der Waals surface area (Å²) in [7, 11) is 0. The minimum Gasteiger partial charge on any atom is -0.465 e. The van der Waals surface area contributed by atoms with Crippen molar-refractivity contribution in [1.82, 2.24) is 4.90 Å². The lowest BCUT2D eigenvalue weighted by Crippen LogP contribution is -2.31. The molecule has 0 aliphatic carbocycles. The number of nitrogens with zero attached hydrogens (tertiary/aromatic N) is 2. The second-order valence-corrected chi connectivity index (χ2v) is 8.38. The standard InChI is InChI=1S/C24H25F9N2O2/c1-3-7-34(8-4-2)20-6-5-17(22(25,26)27)11-16(20)14-35(21(36)37)13-15-9-18(23(28,29)30)12-19(10-15)24(31,32)33/h5-6,9-12H,3-4,7-8,13-14H2,1-2H3,(H,36,37). The first-order chi connectivity index (χ1) is 17.0. The van der Waals surface area contributed by atoms with Crippen molar-refractivity contribution < 1.29 is 49.4 Å². The highest BCUT2D eigenvalue weighted by atomic mass is 19.4. The Morgan fingerprint density at radius 2 is 1.22 bits per heavy atom. The Morgan fingerprint density at radius 1 is 0.730 bits per heavy atom. The minimum absolute atomic E-state index is 0.0813. The number of anilines is 1. The molecule has 0 saturated heterocycles. The number of hydrogen-bond acceptors (Lipinski definition) is 2. The largest absolute Gasteiger partial charge is 0.465 e. The maximum atomic E-state index is 13.4. The van der Waals surface area contributed by atoms with Crippen LogP contribution in [0.25, 0.3) is 0 Å². The van der Waals surface area contributed by atoms with Crippen LogP contribution in [0.2, 0.25) is 0 Å². The average Bonchev–Trinajstić information content (AvgIpc) is 2.76. The van der Waals surface area contributed by atoms with Crippen LogP contribution < -0.4 is 4.90 Å². The molecule has 0 heterocycles. The lowest BCUT2D eigenvalue weighted by molar-refractivity contribution is -0.143. The van der Waals surface area contributed by atoms with Crippen LogP contribution in [0.5, 0.6) is 0 Å². The van der Waals surface area contributed by atoms with Crippen LogP contribution in [0, 0.1) is 0 Å². The topological polar surface area (TPSA) is 43.8 Å². The quantitative estimate of drug-likeness (QED) is 0.325. The molecule has 0 saturated carbocycles. The maximum absolute atomic E-state index is 13.4. The van der Waals surface area contributed by atoms with Crippen LogP contribution in [0.4, 0.5) is 50.0 Å². The molecule has 2 aromatic carbocycles. The van der Waals surface area contributed by atoms with E-state index in [1.54, 1.807) is 4.90 Å². The van der Waals surface area contributed by atoms with E-state index in [0.29, 0.717) is 48.7 Å². The molecule has 0 aliphatic heterocycles. The van der Waals surface area contributed by atoms with Crippen molar-refractivity contribution in [2.45, 2.75) is 58.3 Å². The number of alkyl halides is 9. The summed E-state index contributed by atoms with van der Waals surface area (Å²) >= 11 is 0. The smallest absolute Gasteiger partial charge is 0.416 e. The summed E-state index contributed by atoms with van der Waals surface area (Å²) in [6.07, 6.45) is -15.5. The summed E-state index contributed by atoms with van der Waals surface area (Å²) in [5.74, 6) is 0. The Balaban J connectivity index is 2.57. The second kappa shape index (κ2) is 11.5. The van der Waals surface area contributed by atoms with Crippen molar-refractivity contribution in [3.63, 3.8) is 0 Å². The lowest BCUT2D eigenvalue weighted by atomic mass is 10.0. The Labute approximate surface area is 207 Å². The van der Waals surface area contributed by atoms with Gasteiger partial charge in [0.05, 0.1) is 23.2 Å². The SMILES string of the molecule is CCCN(CCC)c1ccc(C(F)(F)F)cc1CN(Cc1cc(C(F)(F)F)cc(C(F)(F)F)c1)C(=O)O. The third-order valence-corrected chi connectivity index (χ3v) is 5.39. The molecule has 1 N–H and O–H groups in total. The molecule has 37 heavy (non-hydrogen) atoms. The van der Waals surface area contributed by atoms with Crippen molar-refractivity contribution in [3.05, 3.63) is 64.2 Å². The summed E-state index contributed by atoms with van der Waals surface area (Å²) in [5, 5.41) is 9.67. The molecular formula is C24H25F9N2O2. The summed E-state index contributed by atoms with van der Waals surface area (Å²) in [6.45, 7) is 2.92. The average molecular weight is 544 g/mol. The Hall–Kier alpha value is -3.12. The summed E-state index contributed by atoms with van der Waals surface area (Å²) < 4.78 is 119. The maximum Gasteiger partial charge on any atom is 0.416 e. The Kier molecular flexibility index (Phi) is 9.37. The molecule has 13 heteroatoms. The van der Waals surface area contributed by atoms with Gasteiger partial charge in [-0.15, -0.1) is 0 Å². The zero-order valence-corrected chi connectivity index (χ0v) is 19.9. The Bertz CT molecular complexity index is 1040. The number of halogens is 9. The highest BCUT2D eigenvalue weighted by molar-refractivity contribution is 5.66. The summed E-state index contributed by atoms with van der Waals surface area (Å²) in [6, 6.07) is 3.46. The Morgan fingerprint density at radius 3 is 1.62 bits per heavy atom. The third kappa shape index (κ3) is 8.19. The first-order valence-electron chi connectivity index (χ1n) is 11.2. The molecule has 0 bridgehead atoms. The van der Waals surface area contributed by atoms with E-state index in [4.69, 9.17) is 0 Å². The van der Waals surface area contributed by atoms with Gasteiger partial charge in [0.15, 0.2) is 0 Å². The van der Waals surface area contributed by atoms with Crippen molar-refractivity contribution in [1.29, 1.82) is 0 Å². The molecular weight excluding hydrogens is 519 g/mol. The molecule has 0 aliphatic rings. The minimum atomic E-state index is -5.14. The van der Waals surface area contributed by atoms with Gasteiger partial charge in [-0.05, 0) is 60.4 Å². The van der Waals surface area contributed by atoms with E-state index >= 15 is 0 Å². The van der Waals surface area contributed by atoms with Crippen LogP contribution >= 0.6 is 0 Å². The molecule has 0 unspecified atom stereocenters. The number of carboxylic acid groups (broad SMARTS) is 1. The van der Waals surface area contributed by atoms with E-state index in [9.17, 15) is 49.4 Å². The van der Waals surface area contributed by atoms with Crippen LogP contribution in [0.15, 0.2) is 36.4 Å². The predicted molar refractivity (Wildman–Crippen MR) is 118 cm³/mol. The molecule has 0 spiro atoms. The fourth-order valence-electron chi connectivity index (χ4n) is 3.82. The predicted octanol–water partition coefficient (Wildman–Crippen LogP) is 8.05. The van der Waals surface area contributed by atoms with Gasteiger partial charge in [-0.2, -0.15) is 39.5 Å². The third-order valence-electron chi connectivity index (χ3n) is 5.39. The number of hydrogen-bond donors (Lipinski definition) is 1. The van der Waals surface area contributed by atoms with E-state index in [1.165, 1.54) is 6.07 Å². The van der Waals surface area contributed by atoms with Gasteiger partial charge in [-0.25, -0.2) is 4.79 Å². The van der Waals surface area contributed by atoms with E-state index in [1.807, 2.05) is 13.8 Å². The van der Waals surface area contributed by atoms with E-state index < -0.39 is 60.0 Å². The highest BCUT2D eigenvalue weighted by Crippen LogP contribution is 2.37. The van der Waals surface area contributed by atoms with Gasteiger partial charge in [0, 0.05) is 25.3 Å². The van der Waals surface area contributed by atoms with Gasteiger partial charge in [0.2, 0.25) is 0 Å². The van der Waals surface area contributed by atoms with E-state index in [2.05, 4.69) is 0 Å². The van der Waals surface area contributed by atoms with Crippen LogP contribution in [0.1, 0.15) is 54.5 Å². The first kappa shape index (κ1) is 30.1. The van der Waals surface area contributed by atoms with Crippen LogP contribution in [0.3, 0.4) is 0 Å². The van der Waals surface area contributed by atoms with E-state index in [-0.39, 0.29) is 11.6 Å². The molecule has 0 fully saturated rings. The second-order valence-electron chi connectivity index (χ2n) is 8.38. The van der Waals surface area contributed by atoms with Crippen molar-refractivity contribution in [2.24, 2.45) is 0 Å². The molecule has 0 atom stereocenters. The molecule has 0 aromatic heterocycles. The van der Waals surface area contributed by atoms with Crippen molar-refractivity contribution >= 4 is 11.8 Å². The number of benzene rings is 2. The van der Waals surface area contributed by atoms with E-state index in [0.717, 1.165) is 12.1 Å². The summed E-state index contributed by atoms with van der Waals surface area (Å²) in [5.41, 5.74) is -4.72. The fourth-order valence-corrected chi connectivity index (χ4v) is 3.82. The van der Waals surface area contributed by atoms with Gasteiger partial charge in [0.1, 0.15) is 0 Å². The number of rotatable bonds is 9. The molecule has 2 aromatic rings. The van der Waals surface area contributed by atoms with Gasteiger partial charge in [0.25, 0.3) is 0 Å². The van der Waals surface area contributed by atoms with Crippen LogP contribution in [-0.2, 0) is 31.6 Å². The molecule has 0 radical (unpaired) electrons. The highest BCUT2D eigenvalue weighted by Gasteiger charge is 2.37. The molecule has 206 valence electrons. The van der Waals surface area contributed by atoms with Gasteiger partial charge in [-0.1, -0.05) is 13.8 Å². The van der Waals surface area contributed by atoms with Crippen molar-refractivity contribution in [2.75, 3.05) is 18.0 Å². The fraction of sp³-hybridized carbons (Fsp3) is 0.458. The normalized spacial score (nSPS) is 12.5. The van der Waals surface area contributed by atoms with Crippen LogP contribution in [-0.4, -0.2) is 29.2 Å². The summed E-state index contributed by atoms with van der Waals surface area (Å²) in [4.78, 5) is 14.2. The zero-order valence-electron chi connectivity index (χ0n) is 19.9. The number of amides is 1.